The number of hydrogen-bond donors (Lipinski definition) is 2. The summed E-state index contributed by atoms with van der Waals surface area (Å²) < 4.78 is 13.5. The molecule has 0 heterocycles. The van der Waals surface area contributed by atoms with Gasteiger partial charge in [-0.15, -0.1) is 11.6 Å². The number of aliphatic hydroxyl groups is 1. The third-order valence-corrected chi connectivity index (χ3v) is 5.80. The Morgan fingerprint density at radius 3 is 2.45 bits per heavy atom. The maximum atomic E-state index is 13.5. The second-order valence-electron chi connectivity index (χ2n) is 6.72. The van der Waals surface area contributed by atoms with Gasteiger partial charge in [0.05, 0.1) is 11.5 Å². The second-order valence-corrected chi connectivity index (χ2v) is 7.28. The van der Waals surface area contributed by atoms with Gasteiger partial charge in [-0.05, 0) is 51.0 Å². The van der Waals surface area contributed by atoms with Gasteiger partial charge in [0.15, 0.2) is 0 Å². The molecule has 0 radical (unpaired) electrons. The molecule has 0 aromatic heterocycles. The van der Waals surface area contributed by atoms with Crippen molar-refractivity contribution >= 4 is 11.6 Å². The first-order chi connectivity index (χ1) is 9.63. The van der Waals surface area contributed by atoms with Gasteiger partial charge in [0.1, 0.15) is 6.17 Å². The number of alkyl halides is 2. The normalized spacial score (nSPS) is 35.7. The molecule has 2 fully saturated rings. The van der Waals surface area contributed by atoms with E-state index in [4.69, 9.17) is 11.6 Å². The Kier molecular flexibility index (Phi) is 6.57. The van der Waals surface area contributed by atoms with E-state index in [-0.39, 0.29) is 17.4 Å². The van der Waals surface area contributed by atoms with Crippen LogP contribution in [0.3, 0.4) is 0 Å². The summed E-state index contributed by atoms with van der Waals surface area (Å²) in [5, 5.41) is 13.6. The van der Waals surface area contributed by atoms with Crippen LogP contribution in [0.2, 0.25) is 0 Å². The highest BCUT2D eigenvalue weighted by Crippen LogP contribution is 2.39. The lowest BCUT2D eigenvalue weighted by Gasteiger charge is -2.40. The molecular formula is C16H29ClFNO. The van der Waals surface area contributed by atoms with Gasteiger partial charge < -0.3 is 10.4 Å². The Balaban J connectivity index is 1.97. The summed E-state index contributed by atoms with van der Waals surface area (Å²) in [5.41, 5.74) is 0. The maximum absolute atomic E-state index is 13.5. The summed E-state index contributed by atoms with van der Waals surface area (Å²) in [6.07, 6.45) is 7.07. The minimum Gasteiger partial charge on any atom is -0.392 e. The molecule has 0 saturated heterocycles. The van der Waals surface area contributed by atoms with Gasteiger partial charge in [-0.25, -0.2) is 4.39 Å². The van der Waals surface area contributed by atoms with Crippen molar-refractivity contribution in [3.63, 3.8) is 0 Å². The van der Waals surface area contributed by atoms with Gasteiger partial charge in [0.25, 0.3) is 0 Å². The first kappa shape index (κ1) is 16.5. The van der Waals surface area contributed by atoms with Crippen molar-refractivity contribution < 1.29 is 9.50 Å². The first-order valence-electron chi connectivity index (χ1n) is 8.24. The molecule has 0 aliphatic heterocycles. The van der Waals surface area contributed by atoms with Crippen LogP contribution in [0, 0.1) is 17.8 Å². The van der Waals surface area contributed by atoms with Crippen LogP contribution in [0.4, 0.5) is 4.39 Å². The summed E-state index contributed by atoms with van der Waals surface area (Å²) in [4.78, 5) is 0. The summed E-state index contributed by atoms with van der Waals surface area (Å²) in [7, 11) is 1.93. The minimum absolute atomic E-state index is 0.219. The fourth-order valence-electron chi connectivity index (χ4n) is 4.12. The lowest BCUT2D eigenvalue weighted by atomic mass is 9.71. The van der Waals surface area contributed by atoms with E-state index in [0.29, 0.717) is 24.7 Å². The van der Waals surface area contributed by atoms with E-state index >= 15 is 0 Å². The SMILES string of the molecule is CNCC(C1CCC(F)C(Cl)C1)[C@H](O)C1CCCCC1. The van der Waals surface area contributed by atoms with Crippen LogP contribution >= 0.6 is 11.6 Å². The van der Waals surface area contributed by atoms with Gasteiger partial charge >= 0.3 is 0 Å². The molecule has 2 aliphatic rings. The first-order valence-corrected chi connectivity index (χ1v) is 8.68. The Morgan fingerprint density at radius 2 is 1.85 bits per heavy atom. The number of nitrogens with one attached hydrogen (secondary N) is 1. The van der Waals surface area contributed by atoms with Crippen molar-refractivity contribution in [1.82, 2.24) is 5.32 Å². The molecule has 0 aromatic rings. The molecule has 2 N–H and O–H groups in total. The number of halogens is 2. The highest BCUT2D eigenvalue weighted by atomic mass is 35.5. The van der Waals surface area contributed by atoms with Gasteiger partial charge in [-0.2, -0.15) is 0 Å². The third kappa shape index (κ3) is 4.08. The molecule has 2 saturated carbocycles. The zero-order valence-corrected chi connectivity index (χ0v) is 13.3. The van der Waals surface area contributed by atoms with Crippen molar-refractivity contribution in [2.75, 3.05) is 13.6 Å². The van der Waals surface area contributed by atoms with Crippen LogP contribution in [0.25, 0.3) is 0 Å². The van der Waals surface area contributed by atoms with E-state index in [1.807, 2.05) is 7.05 Å². The summed E-state index contributed by atoms with van der Waals surface area (Å²) >= 11 is 6.12. The van der Waals surface area contributed by atoms with Crippen molar-refractivity contribution in [2.24, 2.45) is 17.8 Å². The van der Waals surface area contributed by atoms with Gasteiger partial charge in [0.2, 0.25) is 0 Å². The molecule has 2 aliphatic carbocycles. The standard InChI is InChI=1S/C16H29ClFNO/c1-19-10-13(12-7-8-15(18)14(17)9-12)16(20)11-5-3-2-4-6-11/h11-16,19-20H,2-10H2,1H3/t12?,13?,14?,15?,16-/m1/s1. The van der Waals surface area contributed by atoms with Crippen LogP contribution in [-0.2, 0) is 0 Å². The average Bonchev–Trinajstić information content (AvgIpc) is 2.48. The van der Waals surface area contributed by atoms with Crippen molar-refractivity contribution in [2.45, 2.75) is 69.0 Å². The number of aliphatic hydroxyl groups excluding tert-OH is 1. The lowest BCUT2D eigenvalue weighted by Crippen LogP contribution is -2.43. The Hall–Kier alpha value is 0.140. The average molecular weight is 306 g/mol. The predicted octanol–water partition coefficient (Wildman–Crippen LogP) is 3.51. The monoisotopic (exact) mass is 305 g/mol. The molecule has 4 heteroatoms. The molecule has 0 amide bonds. The topological polar surface area (TPSA) is 32.3 Å². The Morgan fingerprint density at radius 1 is 1.15 bits per heavy atom. The van der Waals surface area contributed by atoms with Gasteiger partial charge in [-0.3, -0.25) is 0 Å². The van der Waals surface area contributed by atoms with Crippen LogP contribution < -0.4 is 5.32 Å². The summed E-state index contributed by atoms with van der Waals surface area (Å²) in [6.45, 7) is 0.808. The molecule has 118 valence electrons. The molecular weight excluding hydrogens is 277 g/mol. The number of rotatable bonds is 5. The number of hydrogen-bond acceptors (Lipinski definition) is 2. The van der Waals surface area contributed by atoms with E-state index in [1.165, 1.54) is 19.3 Å². The summed E-state index contributed by atoms with van der Waals surface area (Å²) in [5.74, 6) is 1.00. The van der Waals surface area contributed by atoms with E-state index in [0.717, 1.165) is 25.8 Å². The van der Waals surface area contributed by atoms with Gasteiger partial charge in [-0.1, -0.05) is 19.3 Å². The molecule has 2 rings (SSSR count). The van der Waals surface area contributed by atoms with E-state index in [2.05, 4.69) is 5.32 Å². The predicted molar refractivity (Wildman–Crippen MR) is 81.9 cm³/mol. The van der Waals surface area contributed by atoms with Crippen LogP contribution in [-0.4, -0.2) is 36.4 Å². The Labute approximate surface area is 127 Å². The van der Waals surface area contributed by atoms with E-state index < -0.39 is 6.17 Å². The molecule has 0 aromatic carbocycles. The zero-order chi connectivity index (χ0) is 14.5. The van der Waals surface area contributed by atoms with Crippen molar-refractivity contribution in [3.05, 3.63) is 0 Å². The highest BCUT2D eigenvalue weighted by molar-refractivity contribution is 6.21. The maximum Gasteiger partial charge on any atom is 0.116 e. The highest BCUT2D eigenvalue weighted by Gasteiger charge is 2.38. The van der Waals surface area contributed by atoms with Crippen LogP contribution in [0.15, 0.2) is 0 Å². The van der Waals surface area contributed by atoms with E-state index in [1.54, 1.807) is 0 Å². The molecule has 20 heavy (non-hydrogen) atoms. The smallest absolute Gasteiger partial charge is 0.116 e. The van der Waals surface area contributed by atoms with Crippen LogP contribution in [0.1, 0.15) is 51.4 Å². The second kappa shape index (κ2) is 7.95. The molecule has 5 atom stereocenters. The largest absolute Gasteiger partial charge is 0.392 e. The molecule has 0 spiro atoms. The summed E-state index contributed by atoms with van der Waals surface area (Å²) in [6, 6.07) is 0. The van der Waals surface area contributed by atoms with Gasteiger partial charge in [0, 0.05) is 12.5 Å². The van der Waals surface area contributed by atoms with Crippen molar-refractivity contribution in [1.29, 1.82) is 0 Å². The van der Waals surface area contributed by atoms with Crippen molar-refractivity contribution in [3.8, 4) is 0 Å². The minimum atomic E-state index is -0.866. The fourth-order valence-corrected chi connectivity index (χ4v) is 4.48. The van der Waals surface area contributed by atoms with E-state index in [9.17, 15) is 9.50 Å². The lowest BCUT2D eigenvalue weighted by molar-refractivity contribution is -0.00268. The van der Waals surface area contributed by atoms with Crippen LogP contribution in [0.5, 0.6) is 0 Å². The molecule has 2 nitrogen and oxygen atoms in total. The third-order valence-electron chi connectivity index (χ3n) is 5.35. The fraction of sp³-hybridized carbons (Fsp3) is 1.00. The quantitative estimate of drug-likeness (QED) is 0.762. The molecule has 4 unspecified atom stereocenters. The zero-order valence-electron chi connectivity index (χ0n) is 12.5. The molecule has 0 bridgehead atoms. The Bertz CT molecular complexity index is 284.